The Morgan fingerprint density at radius 1 is 1.43 bits per heavy atom. The van der Waals surface area contributed by atoms with Gasteiger partial charge in [-0.3, -0.25) is 4.79 Å². The zero-order valence-electron chi connectivity index (χ0n) is 12.7. The van der Waals surface area contributed by atoms with Gasteiger partial charge in [0, 0.05) is 17.9 Å². The van der Waals surface area contributed by atoms with Crippen LogP contribution in [0.25, 0.3) is 0 Å². The SMILES string of the molecule is CCc1cc(C(C)O)cc2c1OCCC2NC(=O)C1CC1. The Labute approximate surface area is 125 Å². The summed E-state index contributed by atoms with van der Waals surface area (Å²) in [5, 5.41) is 13.0. The third-order valence-electron chi connectivity index (χ3n) is 4.37. The van der Waals surface area contributed by atoms with Gasteiger partial charge < -0.3 is 15.2 Å². The van der Waals surface area contributed by atoms with Gasteiger partial charge in [0.15, 0.2) is 0 Å². The summed E-state index contributed by atoms with van der Waals surface area (Å²) in [6.07, 6.45) is 3.15. The fourth-order valence-corrected chi connectivity index (χ4v) is 2.90. The van der Waals surface area contributed by atoms with E-state index in [4.69, 9.17) is 4.74 Å². The molecule has 0 aromatic heterocycles. The second kappa shape index (κ2) is 5.68. The number of hydrogen-bond acceptors (Lipinski definition) is 3. The molecule has 21 heavy (non-hydrogen) atoms. The van der Waals surface area contributed by atoms with E-state index in [0.717, 1.165) is 48.1 Å². The summed E-state index contributed by atoms with van der Waals surface area (Å²) in [4.78, 5) is 12.1. The highest BCUT2D eigenvalue weighted by Gasteiger charge is 2.33. The van der Waals surface area contributed by atoms with Crippen LogP contribution < -0.4 is 10.1 Å². The monoisotopic (exact) mass is 289 g/mol. The van der Waals surface area contributed by atoms with Crippen LogP contribution in [-0.4, -0.2) is 17.6 Å². The molecule has 1 fully saturated rings. The third-order valence-corrected chi connectivity index (χ3v) is 4.37. The molecule has 1 amide bonds. The number of aryl methyl sites for hydroxylation is 1. The molecule has 0 spiro atoms. The van der Waals surface area contributed by atoms with Gasteiger partial charge >= 0.3 is 0 Å². The van der Waals surface area contributed by atoms with Crippen LogP contribution in [0.5, 0.6) is 5.75 Å². The summed E-state index contributed by atoms with van der Waals surface area (Å²) in [5.74, 6) is 1.27. The van der Waals surface area contributed by atoms with Gasteiger partial charge in [0.2, 0.25) is 5.91 Å². The predicted octanol–water partition coefficient (Wildman–Crippen LogP) is 2.65. The maximum Gasteiger partial charge on any atom is 0.223 e. The molecule has 2 aliphatic rings. The standard InChI is InChI=1S/C17H23NO3/c1-3-11-8-13(10(2)19)9-14-15(6-7-21-16(11)14)18-17(20)12-4-5-12/h8-10,12,15,19H,3-7H2,1-2H3,(H,18,20). The van der Waals surface area contributed by atoms with E-state index in [-0.39, 0.29) is 17.9 Å². The fraction of sp³-hybridized carbons (Fsp3) is 0.588. The topological polar surface area (TPSA) is 58.6 Å². The zero-order chi connectivity index (χ0) is 15.0. The number of ether oxygens (including phenoxy) is 1. The molecule has 1 saturated carbocycles. The van der Waals surface area contributed by atoms with Crippen molar-refractivity contribution in [2.24, 2.45) is 5.92 Å². The average Bonchev–Trinajstić information content (AvgIpc) is 3.31. The number of amides is 1. The van der Waals surface area contributed by atoms with Crippen molar-refractivity contribution in [1.29, 1.82) is 0 Å². The number of carbonyl (C=O) groups is 1. The van der Waals surface area contributed by atoms with Crippen LogP contribution in [0.15, 0.2) is 12.1 Å². The van der Waals surface area contributed by atoms with E-state index < -0.39 is 6.10 Å². The minimum Gasteiger partial charge on any atom is -0.493 e. The smallest absolute Gasteiger partial charge is 0.223 e. The zero-order valence-corrected chi connectivity index (χ0v) is 12.7. The molecular weight excluding hydrogens is 266 g/mol. The van der Waals surface area contributed by atoms with E-state index in [1.807, 2.05) is 12.1 Å². The summed E-state index contributed by atoms with van der Waals surface area (Å²) in [6, 6.07) is 4.00. The van der Waals surface area contributed by atoms with Gasteiger partial charge in [0.05, 0.1) is 18.8 Å². The normalized spacial score (nSPS) is 22.1. The first-order chi connectivity index (χ1) is 10.1. The van der Waals surface area contributed by atoms with Crippen molar-refractivity contribution in [2.45, 2.75) is 51.7 Å². The Morgan fingerprint density at radius 3 is 2.81 bits per heavy atom. The molecule has 4 nitrogen and oxygen atoms in total. The van der Waals surface area contributed by atoms with E-state index in [2.05, 4.69) is 12.2 Å². The molecule has 1 aromatic carbocycles. The summed E-state index contributed by atoms with van der Waals surface area (Å²) >= 11 is 0. The van der Waals surface area contributed by atoms with Crippen molar-refractivity contribution in [2.75, 3.05) is 6.61 Å². The van der Waals surface area contributed by atoms with Crippen molar-refractivity contribution >= 4 is 5.91 Å². The van der Waals surface area contributed by atoms with Gasteiger partial charge in [-0.2, -0.15) is 0 Å². The molecule has 1 heterocycles. The van der Waals surface area contributed by atoms with E-state index in [0.29, 0.717) is 6.61 Å². The molecule has 114 valence electrons. The van der Waals surface area contributed by atoms with Gasteiger partial charge in [0.1, 0.15) is 5.75 Å². The lowest BCUT2D eigenvalue weighted by Crippen LogP contribution is -2.33. The van der Waals surface area contributed by atoms with Crippen LogP contribution in [-0.2, 0) is 11.2 Å². The van der Waals surface area contributed by atoms with Gasteiger partial charge in [-0.25, -0.2) is 0 Å². The Hall–Kier alpha value is -1.55. The largest absolute Gasteiger partial charge is 0.493 e. The van der Waals surface area contributed by atoms with Crippen molar-refractivity contribution < 1.29 is 14.6 Å². The molecule has 1 aliphatic carbocycles. The number of nitrogens with one attached hydrogen (secondary N) is 1. The third kappa shape index (κ3) is 2.91. The molecule has 2 unspecified atom stereocenters. The maximum atomic E-state index is 12.1. The number of rotatable bonds is 4. The Kier molecular flexibility index (Phi) is 3.89. The minimum atomic E-state index is -0.512. The van der Waals surface area contributed by atoms with Gasteiger partial charge in [-0.1, -0.05) is 6.92 Å². The first-order valence-electron chi connectivity index (χ1n) is 7.88. The maximum absolute atomic E-state index is 12.1. The lowest BCUT2D eigenvalue weighted by atomic mass is 9.92. The summed E-state index contributed by atoms with van der Waals surface area (Å²) < 4.78 is 5.84. The molecule has 1 aromatic rings. The fourth-order valence-electron chi connectivity index (χ4n) is 2.90. The molecule has 2 N–H and O–H groups in total. The van der Waals surface area contributed by atoms with Gasteiger partial charge in [0.25, 0.3) is 0 Å². The van der Waals surface area contributed by atoms with Crippen LogP contribution in [0.3, 0.4) is 0 Å². The van der Waals surface area contributed by atoms with Gasteiger partial charge in [-0.15, -0.1) is 0 Å². The van der Waals surface area contributed by atoms with E-state index >= 15 is 0 Å². The highest BCUT2D eigenvalue weighted by molar-refractivity contribution is 5.81. The van der Waals surface area contributed by atoms with Crippen molar-refractivity contribution in [1.82, 2.24) is 5.32 Å². The average molecular weight is 289 g/mol. The molecule has 2 atom stereocenters. The van der Waals surface area contributed by atoms with Crippen LogP contribution in [0, 0.1) is 5.92 Å². The van der Waals surface area contributed by atoms with Crippen LogP contribution in [0.1, 0.15) is 61.9 Å². The number of aliphatic hydroxyl groups excluding tert-OH is 1. The highest BCUT2D eigenvalue weighted by atomic mass is 16.5. The lowest BCUT2D eigenvalue weighted by Gasteiger charge is -2.29. The van der Waals surface area contributed by atoms with Crippen molar-refractivity contribution in [3.8, 4) is 5.75 Å². The second-order valence-electron chi connectivity index (χ2n) is 6.10. The summed E-state index contributed by atoms with van der Waals surface area (Å²) in [7, 11) is 0. The van der Waals surface area contributed by atoms with Crippen molar-refractivity contribution in [3.63, 3.8) is 0 Å². The first-order valence-corrected chi connectivity index (χ1v) is 7.88. The number of hydrogen-bond donors (Lipinski definition) is 2. The highest BCUT2D eigenvalue weighted by Crippen LogP contribution is 2.38. The van der Waals surface area contributed by atoms with E-state index in [1.54, 1.807) is 6.92 Å². The van der Waals surface area contributed by atoms with Crippen LogP contribution >= 0.6 is 0 Å². The van der Waals surface area contributed by atoms with Gasteiger partial charge in [-0.05, 0) is 49.4 Å². The lowest BCUT2D eigenvalue weighted by molar-refractivity contribution is -0.123. The quantitative estimate of drug-likeness (QED) is 0.896. The minimum absolute atomic E-state index is 0.00542. The van der Waals surface area contributed by atoms with Crippen LogP contribution in [0.2, 0.25) is 0 Å². The molecule has 0 radical (unpaired) electrons. The number of aliphatic hydroxyl groups is 1. The molecule has 1 aliphatic heterocycles. The van der Waals surface area contributed by atoms with Crippen LogP contribution in [0.4, 0.5) is 0 Å². The molecule has 3 rings (SSSR count). The molecule has 0 bridgehead atoms. The Bertz CT molecular complexity index is 549. The predicted molar refractivity (Wildman–Crippen MR) is 80.2 cm³/mol. The van der Waals surface area contributed by atoms with Crippen molar-refractivity contribution in [3.05, 3.63) is 28.8 Å². The molecular formula is C17H23NO3. The second-order valence-corrected chi connectivity index (χ2v) is 6.10. The van der Waals surface area contributed by atoms with E-state index in [1.165, 1.54) is 0 Å². The number of fused-ring (bicyclic) bond motifs is 1. The van der Waals surface area contributed by atoms with E-state index in [9.17, 15) is 9.90 Å². The Balaban J connectivity index is 1.93. The molecule has 0 saturated heterocycles. The number of benzene rings is 1. The first kappa shape index (κ1) is 14.4. The number of carbonyl (C=O) groups excluding carboxylic acids is 1. The molecule has 4 heteroatoms. The summed E-state index contributed by atoms with van der Waals surface area (Å²) in [5.41, 5.74) is 3.01. The Morgan fingerprint density at radius 2 is 2.19 bits per heavy atom. The summed E-state index contributed by atoms with van der Waals surface area (Å²) in [6.45, 7) is 4.48.